The molecule has 6 heteroatoms. The van der Waals surface area contributed by atoms with E-state index in [1.807, 2.05) is 31.2 Å². The van der Waals surface area contributed by atoms with Crippen molar-refractivity contribution in [3.8, 4) is 0 Å². The maximum Gasteiger partial charge on any atom is 0.274 e. The van der Waals surface area contributed by atoms with Crippen molar-refractivity contribution in [2.75, 3.05) is 5.73 Å². The summed E-state index contributed by atoms with van der Waals surface area (Å²) in [6.45, 7) is 1.90. The monoisotopic (exact) mass is 320 g/mol. The number of nitrogens with two attached hydrogens (primary N) is 1. The lowest BCUT2D eigenvalue weighted by Crippen LogP contribution is -2.28. The number of nitrogen functional groups attached to an aromatic ring is 1. The van der Waals surface area contributed by atoms with E-state index in [9.17, 15) is 4.79 Å². The van der Waals surface area contributed by atoms with Gasteiger partial charge in [0.25, 0.3) is 5.91 Å². The van der Waals surface area contributed by atoms with Crippen LogP contribution in [0, 0.1) is 0 Å². The number of nitrogens with zero attached hydrogens (tertiary/aromatic N) is 2. The van der Waals surface area contributed by atoms with Gasteiger partial charge < -0.3 is 11.1 Å². The highest BCUT2D eigenvalue weighted by atomic mass is 79.9. The van der Waals surface area contributed by atoms with Gasteiger partial charge in [0, 0.05) is 16.9 Å². The molecule has 2 aromatic rings. The van der Waals surface area contributed by atoms with Gasteiger partial charge in [0.05, 0.1) is 6.04 Å². The van der Waals surface area contributed by atoms with Crippen LogP contribution in [0.3, 0.4) is 0 Å². The van der Waals surface area contributed by atoms with Gasteiger partial charge in [-0.3, -0.25) is 4.79 Å². The molecule has 0 radical (unpaired) electrons. The number of benzene rings is 1. The van der Waals surface area contributed by atoms with E-state index in [1.54, 1.807) is 0 Å². The molecule has 2 rings (SSSR count). The normalized spacial score (nSPS) is 11.9. The van der Waals surface area contributed by atoms with Crippen molar-refractivity contribution in [3.63, 3.8) is 0 Å². The summed E-state index contributed by atoms with van der Waals surface area (Å²) in [5.41, 5.74) is 6.75. The van der Waals surface area contributed by atoms with Gasteiger partial charge in [-0.1, -0.05) is 28.1 Å². The number of anilines is 1. The van der Waals surface area contributed by atoms with Crippen molar-refractivity contribution < 1.29 is 4.79 Å². The maximum absolute atomic E-state index is 12.0. The van der Waals surface area contributed by atoms with Gasteiger partial charge in [-0.25, -0.2) is 9.97 Å². The van der Waals surface area contributed by atoms with Gasteiger partial charge >= 0.3 is 0 Å². The zero-order valence-electron chi connectivity index (χ0n) is 10.3. The van der Waals surface area contributed by atoms with Crippen LogP contribution in [0.2, 0.25) is 0 Å². The predicted octanol–water partition coefficient (Wildman–Crippen LogP) is 2.31. The molecule has 1 aromatic carbocycles. The quantitative estimate of drug-likeness (QED) is 0.909. The molecule has 1 amide bonds. The second-order valence-electron chi connectivity index (χ2n) is 4.04. The lowest BCUT2D eigenvalue weighted by molar-refractivity contribution is 0.0935. The summed E-state index contributed by atoms with van der Waals surface area (Å²) in [5.74, 6) is -0.209. The van der Waals surface area contributed by atoms with E-state index in [4.69, 9.17) is 5.73 Å². The number of amides is 1. The number of hydrogen-bond donors (Lipinski definition) is 2. The Bertz CT molecular complexity index is 603. The van der Waals surface area contributed by atoms with Crippen molar-refractivity contribution in [1.29, 1.82) is 0 Å². The molecule has 0 bridgehead atoms. The number of carbonyl (C=O) groups is 1. The summed E-state index contributed by atoms with van der Waals surface area (Å²) in [4.78, 5) is 19.8. The Kier molecular flexibility index (Phi) is 4.11. The molecular formula is C13H13BrN4O. The molecule has 0 fully saturated rings. The molecule has 98 valence electrons. The van der Waals surface area contributed by atoms with Gasteiger partial charge in [0.2, 0.25) is 0 Å². The molecule has 0 saturated carbocycles. The van der Waals surface area contributed by atoms with Crippen LogP contribution in [-0.2, 0) is 0 Å². The number of carbonyl (C=O) groups excluding carboxylic acids is 1. The van der Waals surface area contributed by atoms with Crippen LogP contribution in [0.1, 0.15) is 29.0 Å². The highest BCUT2D eigenvalue weighted by Crippen LogP contribution is 2.18. The molecule has 0 aliphatic heterocycles. The zero-order valence-corrected chi connectivity index (χ0v) is 11.9. The molecule has 19 heavy (non-hydrogen) atoms. The fourth-order valence-electron chi connectivity index (χ4n) is 1.65. The lowest BCUT2D eigenvalue weighted by atomic mass is 10.1. The van der Waals surface area contributed by atoms with Gasteiger partial charge in [-0.05, 0) is 24.6 Å². The maximum atomic E-state index is 12.0. The topological polar surface area (TPSA) is 80.9 Å². The van der Waals surface area contributed by atoms with E-state index in [2.05, 4.69) is 31.2 Å². The first kappa shape index (κ1) is 13.5. The summed E-state index contributed by atoms with van der Waals surface area (Å²) in [6, 6.07) is 7.59. The van der Waals surface area contributed by atoms with Crippen LogP contribution in [0.4, 0.5) is 5.82 Å². The molecule has 0 spiro atoms. The summed E-state index contributed by atoms with van der Waals surface area (Å²) in [6.07, 6.45) is 2.89. The highest BCUT2D eigenvalue weighted by molar-refractivity contribution is 9.10. The number of nitrogens with one attached hydrogen (secondary N) is 1. The van der Waals surface area contributed by atoms with E-state index in [-0.39, 0.29) is 23.5 Å². The van der Waals surface area contributed by atoms with E-state index in [0.717, 1.165) is 10.0 Å². The Morgan fingerprint density at radius 1 is 1.37 bits per heavy atom. The van der Waals surface area contributed by atoms with Crippen LogP contribution in [0.5, 0.6) is 0 Å². The minimum Gasteiger partial charge on any atom is -0.382 e. The van der Waals surface area contributed by atoms with Crippen LogP contribution in [0.15, 0.2) is 41.1 Å². The van der Waals surface area contributed by atoms with Crippen LogP contribution in [0.25, 0.3) is 0 Å². The molecule has 0 aliphatic rings. The first-order chi connectivity index (χ1) is 9.08. The largest absolute Gasteiger partial charge is 0.382 e. The average Bonchev–Trinajstić information content (AvgIpc) is 2.39. The Labute approximate surface area is 119 Å². The highest BCUT2D eigenvalue weighted by Gasteiger charge is 2.15. The lowest BCUT2D eigenvalue weighted by Gasteiger charge is -2.14. The van der Waals surface area contributed by atoms with Crippen molar-refractivity contribution in [1.82, 2.24) is 15.3 Å². The summed E-state index contributed by atoms with van der Waals surface area (Å²) in [5, 5.41) is 2.84. The van der Waals surface area contributed by atoms with Crippen LogP contribution >= 0.6 is 15.9 Å². The molecule has 1 atom stereocenters. The van der Waals surface area contributed by atoms with Crippen LogP contribution in [-0.4, -0.2) is 15.9 Å². The van der Waals surface area contributed by atoms with Crippen molar-refractivity contribution in [2.24, 2.45) is 0 Å². The SMILES string of the molecule is C[C@H](NC(=O)c1nccnc1N)c1cccc(Br)c1. The average molecular weight is 321 g/mol. The van der Waals surface area contributed by atoms with E-state index < -0.39 is 0 Å². The Hall–Kier alpha value is -1.95. The minimum absolute atomic E-state index is 0.126. The number of hydrogen-bond acceptors (Lipinski definition) is 4. The fraction of sp³-hybridized carbons (Fsp3) is 0.154. The first-order valence-electron chi connectivity index (χ1n) is 5.70. The van der Waals surface area contributed by atoms with Crippen molar-refractivity contribution in [3.05, 3.63) is 52.4 Å². The molecule has 0 unspecified atom stereocenters. The fourth-order valence-corrected chi connectivity index (χ4v) is 2.06. The molecule has 0 aliphatic carbocycles. The standard InChI is InChI=1S/C13H13BrN4O/c1-8(9-3-2-4-10(14)7-9)18-13(19)11-12(15)17-6-5-16-11/h2-8H,1H3,(H2,15,17)(H,18,19)/t8-/m0/s1. The summed E-state index contributed by atoms with van der Waals surface area (Å²) >= 11 is 3.40. The van der Waals surface area contributed by atoms with Crippen molar-refractivity contribution >= 4 is 27.7 Å². The van der Waals surface area contributed by atoms with Gasteiger partial charge in [0.15, 0.2) is 11.5 Å². The second kappa shape index (κ2) is 5.79. The third-order valence-corrected chi connectivity index (χ3v) is 3.13. The Morgan fingerprint density at radius 2 is 2.11 bits per heavy atom. The molecule has 0 saturated heterocycles. The first-order valence-corrected chi connectivity index (χ1v) is 6.50. The molecule has 3 N–H and O–H groups in total. The third-order valence-electron chi connectivity index (χ3n) is 2.64. The third kappa shape index (κ3) is 3.29. The van der Waals surface area contributed by atoms with Gasteiger partial charge in [0.1, 0.15) is 0 Å². The zero-order chi connectivity index (χ0) is 13.8. The van der Waals surface area contributed by atoms with Gasteiger partial charge in [-0.2, -0.15) is 0 Å². The van der Waals surface area contributed by atoms with E-state index in [0.29, 0.717) is 0 Å². The smallest absolute Gasteiger partial charge is 0.274 e. The predicted molar refractivity (Wildman–Crippen MR) is 76.5 cm³/mol. The molecule has 1 heterocycles. The van der Waals surface area contributed by atoms with Crippen molar-refractivity contribution in [2.45, 2.75) is 13.0 Å². The number of aromatic nitrogens is 2. The second-order valence-corrected chi connectivity index (χ2v) is 4.96. The number of halogens is 1. The summed E-state index contributed by atoms with van der Waals surface area (Å²) < 4.78 is 0.963. The minimum atomic E-state index is -0.335. The Morgan fingerprint density at radius 3 is 2.79 bits per heavy atom. The van der Waals surface area contributed by atoms with E-state index in [1.165, 1.54) is 12.4 Å². The molecule has 1 aromatic heterocycles. The van der Waals surface area contributed by atoms with Crippen LogP contribution < -0.4 is 11.1 Å². The Balaban J connectivity index is 2.13. The molecular weight excluding hydrogens is 308 g/mol. The number of rotatable bonds is 3. The summed E-state index contributed by atoms with van der Waals surface area (Å²) in [7, 11) is 0. The van der Waals surface area contributed by atoms with Gasteiger partial charge in [-0.15, -0.1) is 0 Å². The van der Waals surface area contributed by atoms with E-state index >= 15 is 0 Å². The molecule has 5 nitrogen and oxygen atoms in total.